The number of aliphatic imine (C=N–C) groups is 1. The summed E-state index contributed by atoms with van der Waals surface area (Å²) in [7, 11) is 0. The maximum absolute atomic E-state index is 11.4. The molecule has 0 saturated carbocycles. The van der Waals surface area contributed by atoms with Gasteiger partial charge in [0, 0.05) is 12.1 Å². The van der Waals surface area contributed by atoms with Crippen LogP contribution in [-0.2, 0) is 11.2 Å². The Bertz CT molecular complexity index is 717. The average molecular weight is 315 g/mol. The van der Waals surface area contributed by atoms with Gasteiger partial charge in [-0.3, -0.25) is 4.99 Å². The molecule has 0 fully saturated rings. The van der Waals surface area contributed by atoms with E-state index < -0.39 is 12.0 Å². The number of nitrogens with zero attached hydrogens (tertiary/aromatic N) is 1. The van der Waals surface area contributed by atoms with Gasteiger partial charge < -0.3 is 20.4 Å². The number of aliphatic carboxylic acids is 1. The number of benzene rings is 2. The Hall–Kier alpha value is -3.02. The van der Waals surface area contributed by atoms with Gasteiger partial charge in [0.2, 0.25) is 0 Å². The molecule has 23 heavy (non-hydrogen) atoms. The molecule has 0 heterocycles. The molecular formula is C17H17NO5. The van der Waals surface area contributed by atoms with Crippen LogP contribution in [-0.4, -0.2) is 38.1 Å². The van der Waals surface area contributed by atoms with E-state index in [0.29, 0.717) is 5.56 Å². The minimum atomic E-state index is -1.12. The monoisotopic (exact) mass is 315 g/mol. The second-order valence-corrected chi connectivity index (χ2v) is 5.11. The number of aromatic hydroxyl groups is 3. The molecule has 6 heteroatoms. The highest BCUT2D eigenvalue weighted by atomic mass is 16.4. The first-order chi connectivity index (χ1) is 10.9. The second-order valence-electron chi connectivity index (χ2n) is 5.11. The standard InChI is InChI=1S/C17H17NO5/c1-10(16-14(20)3-2-4-15(16)21)18-13(17(22)23)9-11-5-7-12(19)8-6-11/h2-8,13,19-21H,9H2,1H3,(H,22,23)/b18-10+. The molecule has 1 unspecified atom stereocenters. The smallest absolute Gasteiger partial charge is 0.328 e. The van der Waals surface area contributed by atoms with Crippen LogP contribution in [0.15, 0.2) is 47.5 Å². The zero-order valence-corrected chi connectivity index (χ0v) is 12.5. The average Bonchev–Trinajstić information content (AvgIpc) is 2.48. The molecule has 0 spiro atoms. The van der Waals surface area contributed by atoms with Crippen LogP contribution in [0.3, 0.4) is 0 Å². The molecule has 0 aliphatic heterocycles. The van der Waals surface area contributed by atoms with Crippen LogP contribution in [0.2, 0.25) is 0 Å². The fourth-order valence-corrected chi connectivity index (χ4v) is 2.24. The summed E-state index contributed by atoms with van der Waals surface area (Å²) in [6.07, 6.45) is 0.126. The van der Waals surface area contributed by atoms with E-state index in [1.54, 1.807) is 12.1 Å². The molecule has 0 bridgehead atoms. The molecule has 0 aliphatic rings. The summed E-state index contributed by atoms with van der Waals surface area (Å²) >= 11 is 0. The molecule has 0 aliphatic carbocycles. The first kappa shape index (κ1) is 16.4. The minimum Gasteiger partial charge on any atom is -0.508 e. The minimum absolute atomic E-state index is 0.0967. The lowest BCUT2D eigenvalue weighted by molar-refractivity contribution is -0.138. The zero-order chi connectivity index (χ0) is 17.0. The largest absolute Gasteiger partial charge is 0.508 e. The van der Waals surface area contributed by atoms with Crippen LogP contribution >= 0.6 is 0 Å². The zero-order valence-electron chi connectivity index (χ0n) is 12.5. The van der Waals surface area contributed by atoms with E-state index in [4.69, 9.17) is 0 Å². The van der Waals surface area contributed by atoms with Crippen molar-refractivity contribution in [2.45, 2.75) is 19.4 Å². The van der Waals surface area contributed by atoms with Gasteiger partial charge in [-0.05, 0) is 36.8 Å². The molecule has 0 saturated heterocycles. The van der Waals surface area contributed by atoms with Crippen molar-refractivity contribution in [3.8, 4) is 17.2 Å². The summed E-state index contributed by atoms with van der Waals surface area (Å²) in [6.45, 7) is 1.53. The van der Waals surface area contributed by atoms with E-state index >= 15 is 0 Å². The number of phenols is 3. The SMILES string of the molecule is C/C(=N\C(Cc1ccc(O)cc1)C(=O)O)c1c(O)cccc1O. The molecule has 1 atom stereocenters. The lowest BCUT2D eigenvalue weighted by atomic mass is 10.0. The molecule has 2 aromatic carbocycles. The van der Waals surface area contributed by atoms with E-state index in [9.17, 15) is 25.2 Å². The molecular weight excluding hydrogens is 298 g/mol. The van der Waals surface area contributed by atoms with Crippen molar-refractivity contribution in [1.82, 2.24) is 0 Å². The lowest BCUT2D eigenvalue weighted by Crippen LogP contribution is -2.22. The van der Waals surface area contributed by atoms with Gasteiger partial charge in [-0.15, -0.1) is 0 Å². The molecule has 6 nitrogen and oxygen atoms in total. The van der Waals surface area contributed by atoms with Crippen LogP contribution in [0.25, 0.3) is 0 Å². The first-order valence-electron chi connectivity index (χ1n) is 6.95. The van der Waals surface area contributed by atoms with Gasteiger partial charge in [-0.25, -0.2) is 4.79 Å². The number of carboxylic acid groups (broad SMARTS) is 1. The summed E-state index contributed by atoms with van der Waals surface area (Å²) in [5.74, 6) is -1.35. The predicted molar refractivity (Wildman–Crippen MR) is 85.2 cm³/mol. The van der Waals surface area contributed by atoms with Gasteiger partial charge in [-0.2, -0.15) is 0 Å². The number of hydrogen-bond acceptors (Lipinski definition) is 5. The van der Waals surface area contributed by atoms with E-state index in [0.717, 1.165) is 0 Å². The number of hydrogen-bond donors (Lipinski definition) is 4. The lowest BCUT2D eigenvalue weighted by Gasteiger charge is -2.12. The third kappa shape index (κ3) is 4.00. The van der Waals surface area contributed by atoms with E-state index in [1.807, 2.05) is 0 Å². The number of carbonyl (C=O) groups is 1. The van der Waals surface area contributed by atoms with E-state index in [-0.39, 0.29) is 34.9 Å². The van der Waals surface area contributed by atoms with Crippen molar-refractivity contribution in [3.05, 3.63) is 53.6 Å². The van der Waals surface area contributed by atoms with Crippen molar-refractivity contribution >= 4 is 11.7 Å². The van der Waals surface area contributed by atoms with Gasteiger partial charge >= 0.3 is 5.97 Å². The highest BCUT2D eigenvalue weighted by Crippen LogP contribution is 2.27. The maximum Gasteiger partial charge on any atom is 0.328 e. The van der Waals surface area contributed by atoms with Gasteiger partial charge in [-0.1, -0.05) is 18.2 Å². The highest BCUT2D eigenvalue weighted by Gasteiger charge is 2.19. The number of rotatable bonds is 5. The van der Waals surface area contributed by atoms with Gasteiger partial charge in [0.25, 0.3) is 0 Å². The molecule has 0 aromatic heterocycles. The molecule has 2 rings (SSSR count). The van der Waals surface area contributed by atoms with E-state index in [1.165, 1.54) is 37.3 Å². The fourth-order valence-electron chi connectivity index (χ4n) is 2.24. The quantitative estimate of drug-likeness (QED) is 0.633. The Morgan fingerprint density at radius 3 is 2.13 bits per heavy atom. The van der Waals surface area contributed by atoms with Crippen molar-refractivity contribution in [1.29, 1.82) is 0 Å². The predicted octanol–water partition coefficient (Wildman–Crippen LogP) is 2.31. The Morgan fingerprint density at radius 2 is 1.61 bits per heavy atom. The Balaban J connectivity index is 2.31. The summed E-state index contributed by atoms with van der Waals surface area (Å²) in [5.41, 5.74) is 1.05. The third-order valence-electron chi connectivity index (χ3n) is 3.38. The molecule has 0 amide bonds. The van der Waals surface area contributed by atoms with Crippen LogP contribution in [0.1, 0.15) is 18.1 Å². The fraction of sp³-hybridized carbons (Fsp3) is 0.176. The van der Waals surface area contributed by atoms with Crippen molar-refractivity contribution in [3.63, 3.8) is 0 Å². The first-order valence-corrected chi connectivity index (χ1v) is 6.95. The maximum atomic E-state index is 11.4. The number of carboxylic acids is 1. The van der Waals surface area contributed by atoms with Gasteiger partial charge in [0.05, 0.1) is 5.56 Å². The van der Waals surface area contributed by atoms with Crippen LogP contribution in [0.4, 0.5) is 0 Å². The van der Waals surface area contributed by atoms with Crippen molar-refractivity contribution in [2.75, 3.05) is 0 Å². The van der Waals surface area contributed by atoms with Crippen LogP contribution in [0.5, 0.6) is 17.2 Å². The summed E-state index contributed by atoms with van der Waals surface area (Å²) in [5, 5.41) is 38.2. The van der Waals surface area contributed by atoms with Crippen LogP contribution in [0, 0.1) is 0 Å². The molecule has 4 N–H and O–H groups in total. The highest BCUT2D eigenvalue weighted by molar-refractivity contribution is 6.04. The summed E-state index contributed by atoms with van der Waals surface area (Å²) in [6, 6.07) is 9.37. The van der Waals surface area contributed by atoms with Crippen molar-refractivity contribution < 1.29 is 25.2 Å². The Labute approximate surface area is 133 Å². The third-order valence-corrected chi connectivity index (χ3v) is 3.38. The van der Waals surface area contributed by atoms with Gasteiger partial charge in [0.15, 0.2) is 6.04 Å². The normalized spacial score (nSPS) is 12.8. The second kappa shape index (κ2) is 6.83. The number of phenolic OH excluding ortho intramolecular Hbond substituents is 3. The van der Waals surface area contributed by atoms with Gasteiger partial charge in [0.1, 0.15) is 17.2 Å². The van der Waals surface area contributed by atoms with Crippen LogP contribution < -0.4 is 0 Å². The topological polar surface area (TPSA) is 110 Å². The Morgan fingerprint density at radius 1 is 1.04 bits per heavy atom. The summed E-state index contributed by atoms with van der Waals surface area (Å²) in [4.78, 5) is 15.5. The molecule has 120 valence electrons. The van der Waals surface area contributed by atoms with E-state index in [2.05, 4.69) is 4.99 Å². The Kier molecular flexibility index (Phi) is 4.85. The van der Waals surface area contributed by atoms with Crippen molar-refractivity contribution in [2.24, 2.45) is 4.99 Å². The summed E-state index contributed by atoms with van der Waals surface area (Å²) < 4.78 is 0. The molecule has 2 aromatic rings. The molecule has 0 radical (unpaired) electrons.